The van der Waals surface area contributed by atoms with Crippen molar-refractivity contribution in [2.24, 2.45) is 11.7 Å². The van der Waals surface area contributed by atoms with Crippen LogP contribution in [0, 0.1) is 5.92 Å². The molecule has 1 aliphatic heterocycles. The second-order valence-corrected chi connectivity index (χ2v) is 4.47. The lowest BCUT2D eigenvalue weighted by Crippen LogP contribution is -2.62. The molecule has 1 aliphatic rings. The summed E-state index contributed by atoms with van der Waals surface area (Å²) >= 11 is 0. The van der Waals surface area contributed by atoms with E-state index in [2.05, 4.69) is 5.32 Å². The van der Waals surface area contributed by atoms with Crippen LogP contribution in [0.3, 0.4) is 0 Å². The smallest absolute Gasteiger partial charge is 0.249 e. The summed E-state index contributed by atoms with van der Waals surface area (Å²) in [5, 5.41) is 2.18. The Balaban J connectivity index is 2.80. The van der Waals surface area contributed by atoms with Gasteiger partial charge in [-0.25, -0.2) is 0 Å². The number of amides is 3. The zero-order valence-electron chi connectivity index (χ0n) is 10.4. The maximum Gasteiger partial charge on any atom is 0.249 e. The first-order valence-electron chi connectivity index (χ1n) is 5.78. The molecule has 0 aliphatic carbocycles. The van der Waals surface area contributed by atoms with Gasteiger partial charge in [-0.15, -0.1) is 0 Å². The summed E-state index contributed by atoms with van der Waals surface area (Å²) in [4.78, 5) is 36.0. The van der Waals surface area contributed by atoms with Gasteiger partial charge in [-0.1, -0.05) is 20.3 Å². The molecule has 0 bridgehead atoms. The lowest BCUT2D eigenvalue weighted by Gasteiger charge is -2.34. The third-order valence-corrected chi connectivity index (χ3v) is 3.25. The van der Waals surface area contributed by atoms with Gasteiger partial charge in [0.15, 0.2) is 0 Å². The van der Waals surface area contributed by atoms with Crippen LogP contribution in [0.5, 0.6) is 0 Å². The first-order chi connectivity index (χ1) is 7.88. The number of nitrogens with zero attached hydrogens (tertiary/aromatic N) is 1. The van der Waals surface area contributed by atoms with Gasteiger partial charge in [0.1, 0.15) is 12.6 Å². The summed E-state index contributed by atoms with van der Waals surface area (Å²) < 4.78 is 0. The highest BCUT2D eigenvalue weighted by Gasteiger charge is 2.36. The number of nitrogens with one attached hydrogen (secondary N) is 1. The van der Waals surface area contributed by atoms with Gasteiger partial charge in [-0.3, -0.25) is 19.7 Å². The van der Waals surface area contributed by atoms with E-state index in [1.165, 1.54) is 4.90 Å². The number of hydrogen-bond donors (Lipinski definition) is 2. The van der Waals surface area contributed by atoms with Crippen LogP contribution in [0.4, 0.5) is 0 Å². The molecule has 96 valence electrons. The summed E-state index contributed by atoms with van der Waals surface area (Å²) in [7, 11) is 0. The Morgan fingerprint density at radius 3 is 2.71 bits per heavy atom. The summed E-state index contributed by atoms with van der Waals surface area (Å²) in [6.45, 7) is 5.30. The molecular weight excluding hydrogens is 222 g/mol. The third-order valence-electron chi connectivity index (χ3n) is 3.25. The molecule has 0 radical (unpaired) electrons. The Kier molecular flexibility index (Phi) is 4.22. The highest BCUT2D eigenvalue weighted by molar-refractivity contribution is 6.04. The first kappa shape index (κ1) is 13.6. The molecule has 1 fully saturated rings. The van der Waals surface area contributed by atoms with Crippen molar-refractivity contribution in [3.05, 3.63) is 0 Å². The van der Waals surface area contributed by atoms with E-state index < -0.39 is 23.9 Å². The molecule has 0 aromatic heterocycles. The standard InChI is InChI=1S/C11H19N3O3/c1-4-6(2)9(12)11(17)14-5-8(15)13-10(16)7(14)3/h6-7,9H,4-5,12H2,1-3H3,(H,13,15,16). The number of carbonyl (C=O) groups excluding carboxylic acids is 3. The molecule has 1 heterocycles. The SMILES string of the molecule is CCC(C)C(N)C(=O)N1CC(=O)NC(=O)C1C. The minimum Gasteiger partial charge on any atom is -0.320 e. The maximum absolute atomic E-state index is 12.1. The van der Waals surface area contributed by atoms with Gasteiger partial charge < -0.3 is 10.6 Å². The van der Waals surface area contributed by atoms with Crippen molar-refractivity contribution in [2.75, 3.05) is 6.54 Å². The van der Waals surface area contributed by atoms with E-state index in [-0.39, 0.29) is 18.4 Å². The lowest BCUT2D eigenvalue weighted by atomic mass is 9.98. The van der Waals surface area contributed by atoms with Gasteiger partial charge in [0.05, 0.1) is 6.04 Å². The van der Waals surface area contributed by atoms with Crippen LogP contribution in [0.15, 0.2) is 0 Å². The molecule has 0 saturated carbocycles. The second kappa shape index (κ2) is 5.27. The Hall–Kier alpha value is -1.43. The van der Waals surface area contributed by atoms with Crippen LogP contribution in [0.2, 0.25) is 0 Å². The van der Waals surface area contributed by atoms with Gasteiger partial charge in [0.2, 0.25) is 17.7 Å². The Labute approximate surface area is 101 Å². The molecule has 1 saturated heterocycles. The summed E-state index contributed by atoms with van der Waals surface area (Å²) in [6.07, 6.45) is 0.773. The van der Waals surface area contributed by atoms with Crippen LogP contribution in [-0.4, -0.2) is 41.2 Å². The molecular formula is C11H19N3O3. The molecule has 3 N–H and O–H groups in total. The molecule has 3 unspecified atom stereocenters. The Morgan fingerprint density at radius 2 is 2.18 bits per heavy atom. The Morgan fingerprint density at radius 1 is 1.59 bits per heavy atom. The van der Waals surface area contributed by atoms with Crippen LogP contribution < -0.4 is 11.1 Å². The van der Waals surface area contributed by atoms with E-state index in [0.29, 0.717) is 0 Å². The van der Waals surface area contributed by atoms with Crippen LogP contribution in [-0.2, 0) is 14.4 Å². The van der Waals surface area contributed by atoms with Crippen molar-refractivity contribution in [3.63, 3.8) is 0 Å². The van der Waals surface area contributed by atoms with Crippen LogP contribution in [0.25, 0.3) is 0 Å². The number of piperazine rings is 1. The first-order valence-corrected chi connectivity index (χ1v) is 5.78. The van der Waals surface area contributed by atoms with Crippen molar-refractivity contribution in [1.82, 2.24) is 10.2 Å². The fourth-order valence-corrected chi connectivity index (χ4v) is 1.67. The lowest BCUT2D eigenvalue weighted by molar-refractivity contribution is -0.150. The number of imide groups is 1. The van der Waals surface area contributed by atoms with E-state index in [9.17, 15) is 14.4 Å². The predicted molar refractivity (Wildman–Crippen MR) is 61.8 cm³/mol. The largest absolute Gasteiger partial charge is 0.320 e. The molecule has 17 heavy (non-hydrogen) atoms. The van der Waals surface area contributed by atoms with Gasteiger partial charge in [-0.05, 0) is 12.8 Å². The summed E-state index contributed by atoms with van der Waals surface area (Å²) in [5.41, 5.74) is 5.82. The van der Waals surface area contributed by atoms with E-state index in [4.69, 9.17) is 5.73 Å². The molecule has 3 amide bonds. The van der Waals surface area contributed by atoms with Crippen LogP contribution in [0.1, 0.15) is 27.2 Å². The Bertz CT molecular complexity index is 343. The van der Waals surface area contributed by atoms with Crippen molar-refractivity contribution in [2.45, 2.75) is 39.3 Å². The van der Waals surface area contributed by atoms with Crippen molar-refractivity contribution in [1.29, 1.82) is 0 Å². The number of rotatable bonds is 3. The molecule has 6 heteroatoms. The van der Waals surface area contributed by atoms with Crippen LogP contribution >= 0.6 is 0 Å². The van der Waals surface area contributed by atoms with Crippen molar-refractivity contribution < 1.29 is 14.4 Å². The number of nitrogens with two attached hydrogens (primary N) is 1. The average molecular weight is 241 g/mol. The van der Waals surface area contributed by atoms with Gasteiger partial charge >= 0.3 is 0 Å². The minimum absolute atomic E-state index is 0.0230. The minimum atomic E-state index is -0.666. The second-order valence-electron chi connectivity index (χ2n) is 4.47. The van der Waals surface area contributed by atoms with Crippen molar-refractivity contribution in [3.8, 4) is 0 Å². The predicted octanol–water partition coefficient (Wildman–Crippen LogP) is -0.767. The summed E-state index contributed by atoms with van der Waals surface area (Å²) in [5.74, 6) is -1.23. The van der Waals surface area contributed by atoms with Gasteiger partial charge in [0, 0.05) is 0 Å². The molecule has 0 spiro atoms. The number of carbonyl (C=O) groups is 3. The molecule has 0 aromatic rings. The maximum atomic E-state index is 12.1. The zero-order valence-corrected chi connectivity index (χ0v) is 10.4. The van der Waals surface area contributed by atoms with Gasteiger partial charge in [0.25, 0.3) is 0 Å². The highest BCUT2D eigenvalue weighted by atomic mass is 16.2. The quantitative estimate of drug-likeness (QED) is 0.635. The molecule has 6 nitrogen and oxygen atoms in total. The average Bonchev–Trinajstić information content (AvgIpc) is 2.30. The summed E-state index contributed by atoms with van der Waals surface area (Å²) in [6, 6.07) is -1.31. The molecule has 1 rings (SSSR count). The van der Waals surface area contributed by atoms with E-state index in [0.717, 1.165) is 6.42 Å². The fraction of sp³-hybridized carbons (Fsp3) is 0.727. The zero-order chi connectivity index (χ0) is 13.2. The topological polar surface area (TPSA) is 92.5 Å². The molecule has 0 aromatic carbocycles. The van der Waals surface area contributed by atoms with E-state index in [1.54, 1.807) is 6.92 Å². The van der Waals surface area contributed by atoms with E-state index in [1.807, 2.05) is 13.8 Å². The number of hydrogen-bond acceptors (Lipinski definition) is 4. The monoisotopic (exact) mass is 241 g/mol. The third kappa shape index (κ3) is 2.82. The van der Waals surface area contributed by atoms with E-state index >= 15 is 0 Å². The van der Waals surface area contributed by atoms with Crippen molar-refractivity contribution >= 4 is 17.7 Å². The van der Waals surface area contributed by atoms with Gasteiger partial charge in [-0.2, -0.15) is 0 Å². The fourth-order valence-electron chi connectivity index (χ4n) is 1.67. The normalized spacial score (nSPS) is 24.2. The highest BCUT2D eigenvalue weighted by Crippen LogP contribution is 2.12. The molecule has 3 atom stereocenters.